The van der Waals surface area contributed by atoms with Crippen LogP contribution in [0.1, 0.15) is 30.4 Å². The lowest BCUT2D eigenvalue weighted by Gasteiger charge is -2.15. The number of amides is 3. The average Bonchev–Trinajstić information content (AvgIpc) is 3.14. The summed E-state index contributed by atoms with van der Waals surface area (Å²) in [5, 5.41) is 2.82. The smallest absolute Gasteiger partial charge is 0.244 e. The molecule has 0 spiro atoms. The summed E-state index contributed by atoms with van der Waals surface area (Å²) >= 11 is 0. The van der Waals surface area contributed by atoms with Gasteiger partial charge in [0.1, 0.15) is 6.54 Å². The molecular formula is C19H20N2O3. The normalized spacial score (nSPS) is 24.9. The van der Waals surface area contributed by atoms with Crippen LogP contribution in [0.3, 0.4) is 0 Å². The maximum absolute atomic E-state index is 12.4. The number of carbonyl (C=O) groups is 3. The van der Waals surface area contributed by atoms with Gasteiger partial charge in [0.05, 0.1) is 11.8 Å². The average molecular weight is 324 g/mol. The Morgan fingerprint density at radius 2 is 1.71 bits per heavy atom. The van der Waals surface area contributed by atoms with Crippen LogP contribution in [0.25, 0.3) is 0 Å². The van der Waals surface area contributed by atoms with Crippen LogP contribution < -0.4 is 5.32 Å². The summed E-state index contributed by atoms with van der Waals surface area (Å²) < 4.78 is 0. The van der Waals surface area contributed by atoms with E-state index in [4.69, 9.17) is 0 Å². The largest absolute Gasteiger partial charge is 0.325 e. The Hall–Kier alpha value is -2.43. The van der Waals surface area contributed by atoms with Crippen LogP contribution in [0.4, 0.5) is 5.69 Å². The Balaban J connectivity index is 1.43. The second kappa shape index (κ2) is 5.89. The second-order valence-corrected chi connectivity index (χ2v) is 6.80. The number of aryl methyl sites for hydroxylation is 2. The first-order valence-corrected chi connectivity index (χ1v) is 8.55. The molecule has 1 aliphatic heterocycles. The van der Waals surface area contributed by atoms with E-state index in [0.717, 1.165) is 29.8 Å². The predicted molar refractivity (Wildman–Crippen MR) is 89.2 cm³/mol. The van der Waals surface area contributed by atoms with Crippen molar-refractivity contribution in [3.8, 4) is 0 Å². The zero-order valence-electron chi connectivity index (χ0n) is 13.5. The zero-order chi connectivity index (χ0) is 16.7. The first-order valence-electron chi connectivity index (χ1n) is 8.55. The fourth-order valence-corrected chi connectivity index (χ4v) is 4.02. The molecule has 1 fully saturated rings. The molecular weight excluding hydrogens is 304 g/mol. The van der Waals surface area contributed by atoms with Crippen LogP contribution in [0.5, 0.6) is 0 Å². The van der Waals surface area contributed by atoms with Gasteiger partial charge in [0.15, 0.2) is 0 Å². The van der Waals surface area contributed by atoms with E-state index >= 15 is 0 Å². The monoisotopic (exact) mass is 324 g/mol. The van der Waals surface area contributed by atoms with Gasteiger partial charge in [-0.1, -0.05) is 18.2 Å². The number of nitrogens with zero attached hydrogens (tertiary/aromatic N) is 1. The van der Waals surface area contributed by atoms with Gasteiger partial charge in [0, 0.05) is 5.69 Å². The van der Waals surface area contributed by atoms with Gasteiger partial charge in [-0.2, -0.15) is 0 Å². The highest BCUT2D eigenvalue weighted by atomic mass is 16.2. The van der Waals surface area contributed by atoms with Crippen molar-refractivity contribution in [3.63, 3.8) is 0 Å². The van der Waals surface area contributed by atoms with Gasteiger partial charge in [-0.3, -0.25) is 19.3 Å². The molecule has 0 unspecified atom stereocenters. The van der Waals surface area contributed by atoms with Crippen molar-refractivity contribution in [1.29, 1.82) is 0 Å². The van der Waals surface area contributed by atoms with E-state index in [1.807, 2.05) is 30.4 Å². The number of nitrogens with one attached hydrogen (secondary N) is 1. The van der Waals surface area contributed by atoms with Crippen LogP contribution in [-0.4, -0.2) is 29.2 Å². The van der Waals surface area contributed by atoms with Crippen LogP contribution in [0, 0.1) is 11.8 Å². The van der Waals surface area contributed by atoms with E-state index < -0.39 is 0 Å². The number of rotatable bonds is 3. The highest BCUT2D eigenvalue weighted by Crippen LogP contribution is 2.34. The molecule has 0 radical (unpaired) electrons. The molecule has 5 nitrogen and oxygen atoms in total. The number of carbonyl (C=O) groups excluding carboxylic acids is 3. The van der Waals surface area contributed by atoms with Crippen molar-refractivity contribution >= 4 is 23.4 Å². The molecule has 1 heterocycles. The highest BCUT2D eigenvalue weighted by molar-refractivity contribution is 6.08. The molecule has 24 heavy (non-hydrogen) atoms. The lowest BCUT2D eigenvalue weighted by Crippen LogP contribution is -2.38. The highest BCUT2D eigenvalue weighted by Gasteiger charge is 2.47. The van der Waals surface area contributed by atoms with Gasteiger partial charge in [-0.15, -0.1) is 0 Å². The summed E-state index contributed by atoms with van der Waals surface area (Å²) in [7, 11) is 0. The molecule has 2 aliphatic carbocycles. The molecule has 1 aromatic carbocycles. The summed E-state index contributed by atoms with van der Waals surface area (Å²) in [6.45, 7) is -0.193. The number of anilines is 1. The van der Waals surface area contributed by atoms with Crippen LogP contribution in [0.15, 0.2) is 30.4 Å². The minimum absolute atomic E-state index is 0.193. The minimum Gasteiger partial charge on any atom is -0.325 e. The van der Waals surface area contributed by atoms with E-state index in [1.165, 1.54) is 11.1 Å². The fourth-order valence-electron chi connectivity index (χ4n) is 4.02. The van der Waals surface area contributed by atoms with E-state index in [1.54, 1.807) is 0 Å². The standard InChI is InChI=1S/C19H20N2O3/c22-17(20-14-9-8-12-4-3-5-13(12)10-14)11-21-18(23)15-6-1-2-7-16(15)19(21)24/h1-2,8-10,15-16H,3-7,11H2,(H,20,22)/t15-,16-/m1/s1. The maximum atomic E-state index is 12.4. The van der Waals surface area contributed by atoms with Crippen LogP contribution >= 0.6 is 0 Å². The number of hydrogen-bond donors (Lipinski definition) is 1. The van der Waals surface area contributed by atoms with Gasteiger partial charge in [0.25, 0.3) is 0 Å². The molecule has 0 saturated carbocycles. The third kappa shape index (κ3) is 2.54. The maximum Gasteiger partial charge on any atom is 0.244 e. The van der Waals surface area contributed by atoms with Crippen molar-refractivity contribution in [2.24, 2.45) is 11.8 Å². The number of imide groups is 1. The van der Waals surface area contributed by atoms with Crippen molar-refractivity contribution < 1.29 is 14.4 Å². The lowest BCUT2D eigenvalue weighted by molar-refractivity contribution is -0.142. The molecule has 1 aromatic rings. The molecule has 1 N–H and O–H groups in total. The Morgan fingerprint density at radius 3 is 2.42 bits per heavy atom. The molecule has 5 heteroatoms. The number of allylic oxidation sites excluding steroid dienone is 2. The number of fused-ring (bicyclic) bond motifs is 2. The minimum atomic E-state index is -0.318. The predicted octanol–water partition coefficient (Wildman–Crippen LogP) is 2.06. The van der Waals surface area contributed by atoms with E-state index in [2.05, 4.69) is 5.32 Å². The molecule has 124 valence electrons. The first kappa shape index (κ1) is 15.1. The van der Waals surface area contributed by atoms with Gasteiger partial charge in [-0.25, -0.2) is 0 Å². The Morgan fingerprint density at radius 1 is 1.04 bits per heavy atom. The first-order chi connectivity index (χ1) is 11.6. The van der Waals surface area contributed by atoms with Crippen molar-refractivity contribution in [2.75, 3.05) is 11.9 Å². The SMILES string of the molecule is O=C(CN1C(=O)[C@@H]2CC=CC[C@H]2C1=O)Nc1ccc2c(c1)CCC2. The molecule has 3 amide bonds. The van der Waals surface area contributed by atoms with E-state index in [0.29, 0.717) is 12.8 Å². The van der Waals surface area contributed by atoms with Crippen molar-refractivity contribution in [3.05, 3.63) is 41.5 Å². The van der Waals surface area contributed by atoms with E-state index in [-0.39, 0.29) is 36.1 Å². The topological polar surface area (TPSA) is 66.5 Å². The summed E-state index contributed by atoms with van der Waals surface area (Å²) in [5.41, 5.74) is 3.35. The van der Waals surface area contributed by atoms with Crippen molar-refractivity contribution in [1.82, 2.24) is 4.90 Å². The van der Waals surface area contributed by atoms with Crippen LogP contribution in [-0.2, 0) is 27.2 Å². The molecule has 0 bridgehead atoms. The van der Waals surface area contributed by atoms with Crippen LogP contribution in [0.2, 0.25) is 0 Å². The Labute approximate surface area is 140 Å². The molecule has 3 aliphatic rings. The Kier molecular flexibility index (Phi) is 3.71. The van der Waals surface area contributed by atoms with Gasteiger partial charge < -0.3 is 5.32 Å². The lowest BCUT2D eigenvalue weighted by atomic mass is 9.85. The molecule has 0 aromatic heterocycles. The summed E-state index contributed by atoms with van der Waals surface area (Å²) in [4.78, 5) is 38.2. The van der Waals surface area contributed by atoms with E-state index in [9.17, 15) is 14.4 Å². The summed E-state index contributed by atoms with van der Waals surface area (Å²) in [5.74, 6) is -1.30. The third-order valence-electron chi connectivity index (χ3n) is 5.28. The van der Waals surface area contributed by atoms with Crippen molar-refractivity contribution in [2.45, 2.75) is 32.1 Å². The summed E-state index contributed by atoms with van der Waals surface area (Å²) in [6.07, 6.45) is 8.37. The second-order valence-electron chi connectivity index (χ2n) is 6.80. The molecule has 4 rings (SSSR count). The number of benzene rings is 1. The third-order valence-corrected chi connectivity index (χ3v) is 5.28. The fraction of sp³-hybridized carbons (Fsp3) is 0.421. The van der Waals surface area contributed by atoms with Gasteiger partial charge in [0.2, 0.25) is 17.7 Å². The summed E-state index contributed by atoms with van der Waals surface area (Å²) in [6, 6.07) is 5.93. The Bertz CT molecular complexity index is 727. The number of likely N-dealkylation sites (tertiary alicyclic amines) is 1. The number of hydrogen-bond acceptors (Lipinski definition) is 3. The quantitative estimate of drug-likeness (QED) is 0.684. The van der Waals surface area contributed by atoms with Gasteiger partial charge >= 0.3 is 0 Å². The van der Waals surface area contributed by atoms with Gasteiger partial charge in [-0.05, 0) is 55.4 Å². The molecule has 1 saturated heterocycles. The zero-order valence-corrected chi connectivity index (χ0v) is 13.5. The molecule has 2 atom stereocenters.